The van der Waals surface area contributed by atoms with Gasteiger partial charge in [-0.1, -0.05) is 18.2 Å². The number of amides is 1. The Kier molecular flexibility index (Phi) is 5.06. The van der Waals surface area contributed by atoms with Crippen LogP contribution in [0.5, 0.6) is 5.75 Å². The maximum Gasteiger partial charge on any atom is 0.223 e. The molecule has 1 amide bonds. The van der Waals surface area contributed by atoms with Crippen LogP contribution < -0.4 is 4.74 Å². The maximum absolute atomic E-state index is 12.4. The zero-order valence-electron chi connectivity index (χ0n) is 12.5. The standard InChI is InChI=1S/C17H20N2O2S/c20-16(9-5-12-21-14-6-2-1-3-7-14)19-11-4-8-15(19)17-18-10-13-22-17/h1-3,6-7,10,13,15H,4-5,8-9,11-12H2. The van der Waals surface area contributed by atoms with Gasteiger partial charge in [-0.2, -0.15) is 0 Å². The minimum absolute atomic E-state index is 0.183. The van der Waals surface area contributed by atoms with Crippen LogP contribution in [0.2, 0.25) is 0 Å². The van der Waals surface area contributed by atoms with Gasteiger partial charge in [0.1, 0.15) is 10.8 Å². The summed E-state index contributed by atoms with van der Waals surface area (Å²) >= 11 is 1.64. The van der Waals surface area contributed by atoms with E-state index in [4.69, 9.17) is 4.74 Å². The first-order chi connectivity index (χ1) is 10.8. The highest BCUT2D eigenvalue weighted by Gasteiger charge is 2.30. The molecule has 0 spiro atoms. The Morgan fingerprint density at radius 2 is 2.23 bits per heavy atom. The number of rotatable bonds is 6. The molecule has 1 unspecified atom stereocenters. The van der Waals surface area contributed by atoms with E-state index in [2.05, 4.69) is 4.98 Å². The van der Waals surface area contributed by atoms with Crippen molar-refractivity contribution >= 4 is 17.2 Å². The van der Waals surface area contributed by atoms with Gasteiger partial charge in [-0.3, -0.25) is 4.79 Å². The Morgan fingerprint density at radius 3 is 3.00 bits per heavy atom. The van der Waals surface area contributed by atoms with Gasteiger partial charge >= 0.3 is 0 Å². The van der Waals surface area contributed by atoms with Crippen molar-refractivity contribution in [3.8, 4) is 5.75 Å². The summed E-state index contributed by atoms with van der Waals surface area (Å²) in [4.78, 5) is 18.8. The number of hydrogen-bond donors (Lipinski definition) is 0. The van der Waals surface area contributed by atoms with Crippen LogP contribution in [0.15, 0.2) is 41.9 Å². The molecular formula is C17H20N2O2S. The van der Waals surface area contributed by atoms with Crippen LogP contribution in [0.1, 0.15) is 36.7 Å². The second-order valence-electron chi connectivity index (χ2n) is 5.38. The average molecular weight is 316 g/mol. The van der Waals surface area contributed by atoms with Crippen LogP contribution >= 0.6 is 11.3 Å². The highest BCUT2D eigenvalue weighted by Crippen LogP contribution is 2.33. The molecule has 116 valence electrons. The van der Waals surface area contributed by atoms with E-state index in [-0.39, 0.29) is 11.9 Å². The topological polar surface area (TPSA) is 42.4 Å². The molecule has 2 aromatic rings. The molecule has 1 aromatic carbocycles. The maximum atomic E-state index is 12.4. The molecule has 1 aliphatic heterocycles. The highest BCUT2D eigenvalue weighted by atomic mass is 32.1. The molecule has 4 nitrogen and oxygen atoms in total. The number of carbonyl (C=O) groups is 1. The quantitative estimate of drug-likeness (QED) is 0.764. The molecule has 0 N–H and O–H groups in total. The van der Waals surface area contributed by atoms with E-state index >= 15 is 0 Å². The normalized spacial score (nSPS) is 17.6. The lowest BCUT2D eigenvalue weighted by molar-refractivity contribution is -0.132. The number of aromatic nitrogens is 1. The third-order valence-corrected chi connectivity index (χ3v) is 4.73. The second kappa shape index (κ2) is 7.40. The first kappa shape index (κ1) is 15.0. The van der Waals surface area contributed by atoms with E-state index in [1.165, 1.54) is 0 Å². The summed E-state index contributed by atoms with van der Waals surface area (Å²) in [6, 6.07) is 9.90. The Morgan fingerprint density at radius 1 is 1.36 bits per heavy atom. The van der Waals surface area contributed by atoms with Gasteiger partial charge in [-0.05, 0) is 31.4 Å². The van der Waals surface area contributed by atoms with Crippen LogP contribution in [-0.2, 0) is 4.79 Å². The van der Waals surface area contributed by atoms with Crippen molar-refractivity contribution in [3.63, 3.8) is 0 Å². The van der Waals surface area contributed by atoms with Crippen molar-refractivity contribution < 1.29 is 9.53 Å². The van der Waals surface area contributed by atoms with Gasteiger partial charge in [-0.25, -0.2) is 4.98 Å². The van der Waals surface area contributed by atoms with Gasteiger partial charge in [0, 0.05) is 24.5 Å². The zero-order valence-corrected chi connectivity index (χ0v) is 13.3. The first-order valence-electron chi connectivity index (χ1n) is 7.71. The summed E-state index contributed by atoms with van der Waals surface area (Å²) in [5.74, 6) is 1.08. The van der Waals surface area contributed by atoms with Crippen LogP contribution in [0.3, 0.4) is 0 Å². The van der Waals surface area contributed by atoms with Crippen molar-refractivity contribution in [2.24, 2.45) is 0 Å². The smallest absolute Gasteiger partial charge is 0.223 e. The van der Waals surface area contributed by atoms with Gasteiger partial charge < -0.3 is 9.64 Å². The highest BCUT2D eigenvalue weighted by molar-refractivity contribution is 7.09. The number of hydrogen-bond acceptors (Lipinski definition) is 4. The van der Waals surface area contributed by atoms with Gasteiger partial charge in [-0.15, -0.1) is 11.3 Å². The van der Waals surface area contributed by atoms with E-state index in [0.717, 1.165) is 36.6 Å². The van der Waals surface area contributed by atoms with Crippen LogP contribution in [-0.4, -0.2) is 28.9 Å². The lowest BCUT2D eigenvalue weighted by Crippen LogP contribution is -2.30. The number of para-hydroxylation sites is 1. The van der Waals surface area contributed by atoms with E-state index in [0.29, 0.717) is 13.0 Å². The van der Waals surface area contributed by atoms with Gasteiger partial charge in [0.05, 0.1) is 12.6 Å². The van der Waals surface area contributed by atoms with E-state index in [9.17, 15) is 4.79 Å². The summed E-state index contributed by atoms with van der Waals surface area (Å²) in [7, 11) is 0. The summed E-state index contributed by atoms with van der Waals surface area (Å²) in [5, 5.41) is 3.04. The molecule has 0 aliphatic carbocycles. The molecule has 1 aromatic heterocycles. The predicted molar refractivity (Wildman–Crippen MR) is 87.0 cm³/mol. The molecule has 0 radical (unpaired) electrons. The predicted octanol–water partition coefficient (Wildman–Crippen LogP) is 3.67. The van der Waals surface area contributed by atoms with Crippen molar-refractivity contribution in [2.45, 2.75) is 31.7 Å². The number of carbonyl (C=O) groups excluding carboxylic acids is 1. The Bertz CT molecular complexity index is 586. The van der Waals surface area contributed by atoms with Crippen molar-refractivity contribution in [2.75, 3.05) is 13.2 Å². The number of likely N-dealkylation sites (tertiary alicyclic amines) is 1. The fraction of sp³-hybridized carbons (Fsp3) is 0.412. The Balaban J connectivity index is 1.45. The number of nitrogens with zero attached hydrogens (tertiary/aromatic N) is 2. The third-order valence-electron chi connectivity index (χ3n) is 3.86. The minimum Gasteiger partial charge on any atom is -0.494 e. The monoisotopic (exact) mass is 316 g/mol. The van der Waals surface area contributed by atoms with Gasteiger partial charge in [0.15, 0.2) is 0 Å². The molecule has 1 fully saturated rings. The fourth-order valence-electron chi connectivity index (χ4n) is 2.79. The van der Waals surface area contributed by atoms with E-state index in [1.54, 1.807) is 11.3 Å². The third kappa shape index (κ3) is 3.65. The first-order valence-corrected chi connectivity index (χ1v) is 8.59. The molecule has 0 saturated carbocycles. The number of ether oxygens (including phenoxy) is 1. The van der Waals surface area contributed by atoms with Gasteiger partial charge in [0.25, 0.3) is 0 Å². The molecule has 3 rings (SSSR count). The molecule has 22 heavy (non-hydrogen) atoms. The molecule has 5 heteroatoms. The van der Waals surface area contributed by atoms with Crippen LogP contribution in [0.4, 0.5) is 0 Å². The molecule has 0 bridgehead atoms. The molecule has 2 heterocycles. The van der Waals surface area contributed by atoms with Crippen molar-refractivity contribution in [1.29, 1.82) is 0 Å². The Labute approximate surface area is 134 Å². The van der Waals surface area contributed by atoms with E-state index in [1.807, 2.05) is 46.8 Å². The van der Waals surface area contributed by atoms with Crippen LogP contribution in [0, 0.1) is 0 Å². The zero-order chi connectivity index (χ0) is 15.2. The second-order valence-corrected chi connectivity index (χ2v) is 6.31. The molecule has 1 saturated heterocycles. The lowest BCUT2D eigenvalue weighted by atomic mass is 10.2. The fourth-order valence-corrected chi connectivity index (χ4v) is 3.58. The number of benzene rings is 1. The molecule has 1 atom stereocenters. The SMILES string of the molecule is O=C(CCCOc1ccccc1)N1CCCC1c1nccs1. The minimum atomic E-state index is 0.183. The Hall–Kier alpha value is -1.88. The van der Waals surface area contributed by atoms with Crippen molar-refractivity contribution in [1.82, 2.24) is 9.88 Å². The summed E-state index contributed by atoms with van der Waals surface area (Å²) in [6.07, 6.45) is 5.19. The van der Waals surface area contributed by atoms with Crippen molar-refractivity contribution in [3.05, 3.63) is 46.9 Å². The van der Waals surface area contributed by atoms with E-state index < -0.39 is 0 Å². The lowest BCUT2D eigenvalue weighted by Gasteiger charge is -2.23. The summed E-state index contributed by atoms with van der Waals surface area (Å²) < 4.78 is 5.64. The average Bonchev–Trinajstić information content (AvgIpc) is 3.22. The van der Waals surface area contributed by atoms with Gasteiger partial charge in [0.2, 0.25) is 5.91 Å². The number of thiazole rings is 1. The summed E-state index contributed by atoms with van der Waals surface area (Å²) in [5.41, 5.74) is 0. The summed E-state index contributed by atoms with van der Waals surface area (Å²) in [6.45, 7) is 1.42. The molecule has 1 aliphatic rings. The molecular weight excluding hydrogens is 296 g/mol. The van der Waals surface area contributed by atoms with Crippen LogP contribution in [0.25, 0.3) is 0 Å². The largest absolute Gasteiger partial charge is 0.494 e.